The Labute approximate surface area is 132 Å². The second-order valence-electron chi connectivity index (χ2n) is 5.92. The van der Waals surface area contributed by atoms with Gasteiger partial charge in [-0.2, -0.15) is 0 Å². The van der Waals surface area contributed by atoms with Gasteiger partial charge in [0.05, 0.1) is 0 Å². The van der Waals surface area contributed by atoms with Crippen LogP contribution < -0.4 is 4.90 Å². The number of amides is 1. The zero-order valence-electron chi connectivity index (χ0n) is 12.1. The highest BCUT2D eigenvalue weighted by atomic mass is 79.9. The van der Waals surface area contributed by atoms with E-state index in [9.17, 15) is 9.18 Å². The van der Waals surface area contributed by atoms with E-state index in [0.29, 0.717) is 16.8 Å². The molecule has 6 heteroatoms. The molecule has 1 aromatic rings. The van der Waals surface area contributed by atoms with Crippen molar-refractivity contribution in [1.29, 1.82) is 0 Å². The van der Waals surface area contributed by atoms with Gasteiger partial charge in [-0.15, -0.1) is 0 Å². The predicted octanol–water partition coefficient (Wildman–Crippen LogP) is 2.82. The third-order valence-corrected chi connectivity index (χ3v) is 4.74. The van der Waals surface area contributed by atoms with E-state index in [1.54, 1.807) is 6.20 Å². The minimum absolute atomic E-state index is 0.150. The Balaban J connectivity index is 1.71. The fourth-order valence-corrected chi connectivity index (χ4v) is 3.20. The fourth-order valence-electron chi connectivity index (χ4n) is 2.90. The van der Waals surface area contributed by atoms with Gasteiger partial charge >= 0.3 is 0 Å². The van der Waals surface area contributed by atoms with Crippen molar-refractivity contribution in [3.8, 4) is 0 Å². The van der Waals surface area contributed by atoms with E-state index in [1.165, 1.54) is 6.07 Å². The highest BCUT2D eigenvalue weighted by Gasteiger charge is 2.36. The lowest BCUT2D eigenvalue weighted by Gasteiger charge is -2.38. The van der Waals surface area contributed by atoms with Crippen LogP contribution in [0.15, 0.2) is 16.7 Å². The van der Waals surface area contributed by atoms with Gasteiger partial charge in [-0.1, -0.05) is 0 Å². The minimum Gasteiger partial charge on any atom is -0.352 e. The average molecular weight is 356 g/mol. The van der Waals surface area contributed by atoms with Crippen molar-refractivity contribution in [2.45, 2.75) is 31.7 Å². The van der Waals surface area contributed by atoms with E-state index < -0.39 is 0 Å². The van der Waals surface area contributed by atoms with Gasteiger partial charge in [-0.05, 0) is 47.7 Å². The summed E-state index contributed by atoms with van der Waals surface area (Å²) in [6, 6.07) is 1.59. The number of pyridine rings is 1. The number of carbonyl (C=O) groups is 1. The van der Waals surface area contributed by atoms with Gasteiger partial charge < -0.3 is 9.80 Å². The van der Waals surface area contributed by atoms with E-state index in [0.717, 1.165) is 32.2 Å². The number of rotatable bonds is 3. The van der Waals surface area contributed by atoms with Crippen LogP contribution in [-0.2, 0) is 4.79 Å². The Morgan fingerprint density at radius 3 is 2.90 bits per heavy atom. The molecule has 0 N–H and O–H groups in total. The zero-order valence-corrected chi connectivity index (χ0v) is 13.6. The summed E-state index contributed by atoms with van der Waals surface area (Å²) in [4.78, 5) is 20.2. The first-order valence-corrected chi connectivity index (χ1v) is 8.18. The van der Waals surface area contributed by atoms with Crippen LogP contribution >= 0.6 is 15.9 Å². The normalized spacial score (nSPS) is 22.2. The molecule has 0 spiro atoms. The number of anilines is 1. The summed E-state index contributed by atoms with van der Waals surface area (Å²) in [5.74, 6) is 0.537. The Morgan fingerprint density at radius 1 is 1.48 bits per heavy atom. The topological polar surface area (TPSA) is 36.4 Å². The van der Waals surface area contributed by atoms with Crippen LogP contribution in [0.3, 0.4) is 0 Å². The van der Waals surface area contributed by atoms with Crippen molar-refractivity contribution in [3.63, 3.8) is 0 Å². The summed E-state index contributed by atoms with van der Waals surface area (Å²) < 4.78 is 14.7. The van der Waals surface area contributed by atoms with Crippen molar-refractivity contribution in [3.05, 3.63) is 22.6 Å². The Bertz CT molecular complexity index is 550. The molecule has 1 unspecified atom stereocenters. The lowest BCUT2D eigenvalue weighted by molar-refractivity contribution is -0.133. The SMILES string of the molecule is CN(C(=O)C1CC1)C1CCCN(c2ncc(Br)cc2F)C1. The fraction of sp³-hybridized carbons (Fsp3) is 0.600. The summed E-state index contributed by atoms with van der Waals surface area (Å²) in [5, 5.41) is 0. The minimum atomic E-state index is -0.318. The molecule has 2 heterocycles. The van der Waals surface area contributed by atoms with Crippen molar-refractivity contribution in [2.24, 2.45) is 5.92 Å². The van der Waals surface area contributed by atoms with Gasteiger partial charge in [0.1, 0.15) is 0 Å². The largest absolute Gasteiger partial charge is 0.352 e. The molecule has 1 saturated heterocycles. The quantitative estimate of drug-likeness (QED) is 0.836. The van der Waals surface area contributed by atoms with E-state index in [1.807, 2.05) is 16.8 Å². The van der Waals surface area contributed by atoms with E-state index in [4.69, 9.17) is 0 Å². The first-order valence-electron chi connectivity index (χ1n) is 7.39. The first-order chi connectivity index (χ1) is 10.1. The number of halogens is 2. The Morgan fingerprint density at radius 2 is 2.24 bits per heavy atom. The van der Waals surface area contributed by atoms with Crippen LogP contribution in [0.2, 0.25) is 0 Å². The highest BCUT2D eigenvalue weighted by Crippen LogP contribution is 2.32. The van der Waals surface area contributed by atoms with Crippen LogP contribution in [0.25, 0.3) is 0 Å². The van der Waals surface area contributed by atoms with Gasteiger partial charge in [0, 0.05) is 42.8 Å². The maximum Gasteiger partial charge on any atom is 0.225 e. The Hall–Kier alpha value is -1.17. The van der Waals surface area contributed by atoms with Crippen LogP contribution in [-0.4, -0.2) is 42.0 Å². The van der Waals surface area contributed by atoms with Gasteiger partial charge in [0.2, 0.25) is 5.91 Å². The third kappa shape index (κ3) is 3.20. The molecule has 1 aromatic heterocycles. The molecular formula is C15H19BrFN3O. The maximum atomic E-state index is 14.0. The van der Waals surface area contributed by atoms with E-state index in [2.05, 4.69) is 20.9 Å². The van der Waals surface area contributed by atoms with E-state index in [-0.39, 0.29) is 23.7 Å². The Kier molecular flexibility index (Phi) is 4.15. The summed E-state index contributed by atoms with van der Waals surface area (Å²) >= 11 is 3.22. The molecule has 0 bridgehead atoms. The molecule has 1 aliphatic carbocycles. The van der Waals surface area contributed by atoms with Crippen molar-refractivity contribution in [1.82, 2.24) is 9.88 Å². The molecule has 21 heavy (non-hydrogen) atoms. The number of nitrogens with zero attached hydrogens (tertiary/aromatic N) is 3. The van der Waals surface area contributed by atoms with Crippen LogP contribution in [0.4, 0.5) is 10.2 Å². The third-order valence-electron chi connectivity index (χ3n) is 4.31. The van der Waals surface area contributed by atoms with Gasteiger partial charge in [-0.25, -0.2) is 9.37 Å². The number of carbonyl (C=O) groups excluding carboxylic acids is 1. The number of likely N-dealkylation sites (N-methyl/N-ethyl adjacent to an activating group) is 1. The van der Waals surface area contributed by atoms with Gasteiger partial charge in [0.15, 0.2) is 11.6 Å². The van der Waals surface area contributed by atoms with Crippen molar-refractivity contribution >= 4 is 27.7 Å². The molecular weight excluding hydrogens is 337 g/mol. The molecule has 3 rings (SSSR count). The second-order valence-corrected chi connectivity index (χ2v) is 6.84. The number of piperidine rings is 1. The van der Waals surface area contributed by atoms with Gasteiger partial charge in [-0.3, -0.25) is 4.79 Å². The molecule has 1 aliphatic heterocycles. The monoisotopic (exact) mass is 355 g/mol. The summed E-state index contributed by atoms with van der Waals surface area (Å²) in [6.07, 6.45) is 5.57. The number of aromatic nitrogens is 1. The molecule has 0 aromatic carbocycles. The standard InChI is InChI=1S/C15H19BrFN3O/c1-19(15(21)10-4-5-10)12-3-2-6-20(9-12)14-13(17)7-11(16)8-18-14/h7-8,10,12H,2-6,9H2,1H3. The molecule has 1 saturated carbocycles. The molecule has 4 nitrogen and oxygen atoms in total. The molecule has 2 aliphatic rings. The maximum absolute atomic E-state index is 14.0. The van der Waals surface area contributed by atoms with Crippen LogP contribution in [0.1, 0.15) is 25.7 Å². The smallest absolute Gasteiger partial charge is 0.225 e. The highest BCUT2D eigenvalue weighted by molar-refractivity contribution is 9.10. The summed E-state index contributed by atoms with van der Waals surface area (Å²) in [7, 11) is 1.88. The zero-order chi connectivity index (χ0) is 15.0. The van der Waals surface area contributed by atoms with Crippen LogP contribution in [0, 0.1) is 11.7 Å². The molecule has 0 radical (unpaired) electrons. The summed E-state index contributed by atoms with van der Waals surface area (Å²) in [5.41, 5.74) is 0. The lowest BCUT2D eigenvalue weighted by atomic mass is 10.0. The predicted molar refractivity (Wildman–Crippen MR) is 82.6 cm³/mol. The molecule has 2 fully saturated rings. The number of hydrogen-bond donors (Lipinski definition) is 0. The number of hydrogen-bond acceptors (Lipinski definition) is 3. The van der Waals surface area contributed by atoms with Crippen molar-refractivity contribution < 1.29 is 9.18 Å². The molecule has 114 valence electrons. The van der Waals surface area contributed by atoms with E-state index >= 15 is 0 Å². The average Bonchev–Trinajstić information content (AvgIpc) is 3.30. The van der Waals surface area contributed by atoms with Gasteiger partial charge in [0.25, 0.3) is 0 Å². The molecule has 1 atom stereocenters. The van der Waals surface area contributed by atoms with Crippen LogP contribution in [0.5, 0.6) is 0 Å². The second kappa shape index (κ2) is 5.91. The van der Waals surface area contributed by atoms with Crippen molar-refractivity contribution in [2.75, 3.05) is 25.0 Å². The lowest BCUT2D eigenvalue weighted by Crippen LogP contribution is -2.49. The first kappa shape index (κ1) is 14.8. The molecule has 1 amide bonds. The summed E-state index contributed by atoms with van der Waals surface area (Å²) in [6.45, 7) is 1.44.